The molecular weight excluding hydrogens is 83.1 g/mol. The van der Waals surface area contributed by atoms with Crippen LogP contribution in [0.5, 0.6) is 0 Å². The van der Waals surface area contributed by atoms with E-state index in [1.807, 2.05) is 0 Å². The van der Waals surface area contributed by atoms with Crippen LogP contribution in [0.25, 0.3) is 0 Å². The van der Waals surface area contributed by atoms with Crippen LogP contribution in [0, 0.1) is 0 Å². The molecule has 0 fully saturated rings. The van der Waals surface area contributed by atoms with Crippen LogP contribution in [0.3, 0.4) is 0 Å². The SMILES string of the molecule is FCCC[Si]. The zero-order valence-corrected chi connectivity index (χ0v) is 4.00. The molecule has 5 heavy (non-hydrogen) atoms. The highest BCUT2D eigenvalue weighted by molar-refractivity contribution is 6.08. The van der Waals surface area contributed by atoms with Crippen LogP contribution in [0.15, 0.2) is 0 Å². The van der Waals surface area contributed by atoms with E-state index in [4.69, 9.17) is 0 Å². The summed E-state index contributed by atoms with van der Waals surface area (Å²) >= 11 is 0. The summed E-state index contributed by atoms with van der Waals surface area (Å²) in [6.45, 7) is -0.205. The molecule has 0 spiro atoms. The Morgan fingerprint density at radius 2 is 2.20 bits per heavy atom. The van der Waals surface area contributed by atoms with Crippen molar-refractivity contribution in [1.29, 1.82) is 0 Å². The van der Waals surface area contributed by atoms with Crippen LogP contribution in [-0.2, 0) is 0 Å². The molecule has 0 N–H and O–H groups in total. The second-order valence-corrected chi connectivity index (χ2v) is 1.29. The van der Waals surface area contributed by atoms with E-state index < -0.39 is 0 Å². The second kappa shape index (κ2) is 4.15. The molecule has 0 saturated carbocycles. The minimum atomic E-state index is -0.205. The van der Waals surface area contributed by atoms with E-state index in [0.717, 1.165) is 6.04 Å². The lowest BCUT2D eigenvalue weighted by atomic mass is 10.6. The first kappa shape index (κ1) is 5.15. The third kappa shape index (κ3) is 4.15. The standard InChI is InChI=1S/C3H6FSi/c4-2-1-3-5/h1-3H2. The topological polar surface area (TPSA) is 0 Å². The van der Waals surface area contributed by atoms with Gasteiger partial charge in [0.25, 0.3) is 0 Å². The quantitative estimate of drug-likeness (QED) is 0.441. The Morgan fingerprint density at radius 1 is 1.60 bits per heavy atom. The summed E-state index contributed by atoms with van der Waals surface area (Å²) < 4.78 is 11.0. The lowest BCUT2D eigenvalue weighted by Crippen LogP contribution is -1.70. The third-order valence-corrected chi connectivity index (χ3v) is 0.664. The van der Waals surface area contributed by atoms with Gasteiger partial charge in [0.15, 0.2) is 0 Å². The highest BCUT2D eigenvalue weighted by Crippen LogP contribution is 1.81. The summed E-state index contributed by atoms with van der Waals surface area (Å²) in [4.78, 5) is 0. The van der Waals surface area contributed by atoms with E-state index >= 15 is 0 Å². The summed E-state index contributed by atoms with van der Waals surface area (Å²) in [6, 6.07) is 0.774. The molecule has 0 amide bonds. The lowest BCUT2D eigenvalue weighted by molar-refractivity contribution is 0.487. The molecule has 0 bridgehead atoms. The first-order chi connectivity index (χ1) is 2.41. The molecule has 0 aromatic heterocycles. The Kier molecular flexibility index (Phi) is 4.27. The molecule has 0 heterocycles. The van der Waals surface area contributed by atoms with Crippen LogP contribution >= 0.6 is 0 Å². The number of rotatable bonds is 2. The van der Waals surface area contributed by atoms with Crippen LogP contribution in [0.1, 0.15) is 6.42 Å². The lowest BCUT2D eigenvalue weighted by Gasteiger charge is -1.76. The zero-order chi connectivity index (χ0) is 4.12. The summed E-state index contributed by atoms with van der Waals surface area (Å²) in [5.41, 5.74) is 0. The minimum Gasteiger partial charge on any atom is -0.251 e. The monoisotopic (exact) mass is 89.0 g/mol. The van der Waals surface area contributed by atoms with Gasteiger partial charge in [-0.3, -0.25) is 4.39 Å². The Morgan fingerprint density at radius 3 is 2.20 bits per heavy atom. The maximum atomic E-state index is 11.0. The van der Waals surface area contributed by atoms with E-state index in [0.29, 0.717) is 6.42 Å². The van der Waals surface area contributed by atoms with E-state index in [1.54, 1.807) is 0 Å². The van der Waals surface area contributed by atoms with Gasteiger partial charge in [-0.15, -0.1) is 0 Å². The average Bonchev–Trinajstić information content (AvgIpc) is 1.41. The smallest absolute Gasteiger partial charge is 0.0891 e. The summed E-state index contributed by atoms with van der Waals surface area (Å²) in [5, 5.41) is 0. The molecule has 0 aliphatic rings. The van der Waals surface area contributed by atoms with Crippen molar-refractivity contribution in [3.8, 4) is 0 Å². The van der Waals surface area contributed by atoms with Crippen molar-refractivity contribution in [3.63, 3.8) is 0 Å². The normalized spacial score (nSPS) is 8.40. The predicted octanol–water partition coefficient (Wildman–Crippen LogP) is 0.933. The predicted molar refractivity (Wildman–Crippen MR) is 21.2 cm³/mol. The van der Waals surface area contributed by atoms with Gasteiger partial charge in [-0.2, -0.15) is 0 Å². The second-order valence-electron chi connectivity index (χ2n) is 0.793. The highest BCUT2D eigenvalue weighted by Gasteiger charge is 1.72. The van der Waals surface area contributed by atoms with Gasteiger partial charge in [0.2, 0.25) is 0 Å². The number of alkyl halides is 1. The molecule has 0 aromatic carbocycles. The molecule has 0 nitrogen and oxygen atoms in total. The van der Waals surface area contributed by atoms with Crippen molar-refractivity contribution >= 4 is 10.2 Å². The van der Waals surface area contributed by atoms with Gasteiger partial charge in [-0.25, -0.2) is 0 Å². The van der Waals surface area contributed by atoms with Gasteiger partial charge in [0.1, 0.15) is 0 Å². The van der Waals surface area contributed by atoms with Crippen molar-refractivity contribution < 1.29 is 4.39 Å². The van der Waals surface area contributed by atoms with Crippen LogP contribution in [0.2, 0.25) is 6.04 Å². The van der Waals surface area contributed by atoms with Crippen molar-refractivity contribution in [1.82, 2.24) is 0 Å². The van der Waals surface area contributed by atoms with Gasteiger partial charge in [0, 0.05) is 10.2 Å². The molecule has 0 rings (SSSR count). The van der Waals surface area contributed by atoms with Gasteiger partial charge in [0.05, 0.1) is 6.67 Å². The Labute approximate surface area is 34.8 Å². The minimum absolute atomic E-state index is 0.205. The Hall–Kier alpha value is 0.147. The van der Waals surface area contributed by atoms with E-state index in [1.165, 1.54) is 0 Å². The summed E-state index contributed by atoms with van der Waals surface area (Å²) in [7, 11) is 3.11. The van der Waals surface area contributed by atoms with Gasteiger partial charge >= 0.3 is 0 Å². The Balaban J connectivity index is 2.19. The fourth-order valence-corrected chi connectivity index (χ4v) is 0.200. The Bertz CT molecular complexity index is 14.4. The molecule has 29 valence electrons. The van der Waals surface area contributed by atoms with Crippen LogP contribution < -0.4 is 0 Å². The molecule has 0 aliphatic heterocycles. The molecule has 0 aromatic rings. The van der Waals surface area contributed by atoms with E-state index in [2.05, 4.69) is 10.2 Å². The summed E-state index contributed by atoms with van der Waals surface area (Å²) in [5.74, 6) is 0. The molecule has 3 radical (unpaired) electrons. The maximum absolute atomic E-state index is 11.0. The molecular formula is C3H6FSi. The van der Waals surface area contributed by atoms with Crippen molar-refractivity contribution in [2.75, 3.05) is 6.67 Å². The van der Waals surface area contributed by atoms with E-state index in [-0.39, 0.29) is 6.67 Å². The van der Waals surface area contributed by atoms with Crippen LogP contribution in [-0.4, -0.2) is 16.9 Å². The molecule has 0 aliphatic carbocycles. The number of hydrogen-bond donors (Lipinski definition) is 0. The first-order valence-electron chi connectivity index (χ1n) is 1.62. The van der Waals surface area contributed by atoms with E-state index in [9.17, 15) is 4.39 Å². The average molecular weight is 89.2 g/mol. The van der Waals surface area contributed by atoms with Crippen molar-refractivity contribution in [3.05, 3.63) is 0 Å². The van der Waals surface area contributed by atoms with Crippen LogP contribution in [0.4, 0.5) is 4.39 Å². The fourth-order valence-electron chi connectivity index (χ4n) is 0.0668. The molecule has 0 saturated heterocycles. The van der Waals surface area contributed by atoms with Gasteiger partial charge in [-0.1, -0.05) is 6.04 Å². The molecule has 0 unspecified atom stereocenters. The molecule has 0 atom stereocenters. The van der Waals surface area contributed by atoms with Gasteiger partial charge < -0.3 is 0 Å². The maximum Gasteiger partial charge on any atom is 0.0891 e. The fraction of sp³-hybridized carbons (Fsp3) is 1.00. The first-order valence-corrected chi connectivity index (χ1v) is 2.33. The van der Waals surface area contributed by atoms with Gasteiger partial charge in [-0.05, 0) is 6.42 Å². The zero-order valence-electron chi connectivity index (χ0n) is 3.00. The number of hydrogen-bond acceptors (Lipinski definition) is 0. The van der Waals surface area contributed by atoms with Crippen molar-refractivity contribution in [2.24, 2.45) is 0 Å². The largest absolute Gasteiger partial charge is 0.251 e. The third-order valence-electron chi connectivity index (χ3n) is 0.310. The number of halogens is 1. The molecule has 2 heteroatoms. The van der Waals surface area contributed by atoms with Crippen molar-refractivity contribution in [2.45, 2.75) is 12.5 Å². The highest BCUT2D eigenvalue weighted by atomic mass is 28.1. The summed E-state index contributed by atoms with van der Waals surface area (Å²) in [6.07, 6.45) is 0.636.